The number of fused-ring (bicyclic) bond motifs is 1. The molecule has 0 aliphatic rings. The molecule has 0 saturated heterocycles. The minimum Gasteiger partial charge on any atom is -0.497 e. The minimum absolute atomic E-state index is 0.162. The van der Waals surface area contributed by atoms with Gasteiger partial charge >= 0.3 is 11.9 Å². The van der Waals surface area contributed by atoms with Gasteiger partial charge in [0.1, 0.15) is 40.2 Å². The van der Waals surface area contributed by atoms with Gasteiger partial charge in [0.25, 0.3) is 0 Å². The van der Waals surface area contributed by atoms with Crippen LogP contribution in [0.25, 0.3) is 50.3 Å². The number of aromatic nitrogens is 1. The third kappa shape index (κ3) is 7.69. The molecule has 0 spiro atoms. The fraction of sp³-hybridized carbons (Fsp3) is 0.188. The fourth-order valence-electron chi connectivity index (χ4n) is 4.00. The van der Waals surface area contributed by atoms with E-state index < -0.39 is 5.97 Å². The normalized spacial score (nSPS) is 10.8. The number of benzene rings is 2. The van der Waals surface area contributed by atoms with E-state index in [1.54, 1.807) is 46.3 Å². The lowest BCUT2D eigenvalue weighted by Gasteiger charge is -2.01. The van der Waals surface area contributed by atoms with Crippen molar-refractivity contribution in [2.75, 3.05) is 27.4 Å². The number of nitrogens with one attached hydrogen (secondary N) is 1. The van der Waals surface area contributed by atoms with Crippen LogP contribution in [0.1, 0.15) is 30.1 Å². The average Bonchev–Trinajstić information content (AvgIpc) is 3.78. The Morgan fingerprint density at radius 3 is 2.00 bits per heavy atom. The van der Waals surface area contributed by atoms with E-state index in [1.165, 1.54) is 6.08 Å². The van der Waals surface area contributed by atoms with E-state index in [1.807, 2.05) is 54.6 Å². The first kappa shape index (κ1) is 31.1. The van der Waals surface area contributed by atoms with Crippen LogP contribution in [0.4, 0.5) is 0 Å². The standard InChI is InChI=1S/C16H15N3O4.C16H15NO4/c1-3-22-16(20)14(18-19-17)10-13-8-9-15(23-13)11-4-6-12(21-2)7-5-11;1-3-20-16(18)13-9-15-12(17-13)8-14(21-15)10-4-6-11(19-2)7-5-10/h4-10H,3H2,1-2H3;4-9,17H,3H2,1-2H3/b14-10-;. The molecule has 0 atom stereocenters. The van der Waals surface area contributed by atoms with Crippen molar-refractivity contribution < 1.29 is 37.4 Å². The maximum atomic E-state index is 11.7. The Morgan fingerprint density at radius 1 is 0.841 bits per heavy atom. The lowest BCUT2D eigenvalue weighted by Crippen LogP contribution is -2.05. The van der Waals surface area contributed by atoms with Gasteiger partial charge in [-0.15, -0.1) is 0 Å². The van der Waals surface area contributed by atoms with Crippen molar-refractivity contribution >= 4 is 29.1 Å². The van der Waals surface area contributed by atoms with Gasteiger partial charge in [0, 0.05) is 28.2 Å². The summed E-state index contributed by atoms with van der Waals surface area (Å²) >= 11 is 0. The molecule has 12 heteroatoms. The quantitative estimate of drug-likeness (QED) is 0.0560. The molecule has 44 heavy (non-hydrogen) atoms. The highest BCUT2D eigenvalue weighted by atomic mass is 16.5. The zero-order valence-electron chi connectivity index (χ0n) is 24.5. The molecule has 5 aromatic rings. The number of ether oxygens (including phenoxy) is 4. The van der Waals surface area contributed by atoms with Crippen molar-refractivity contribution in [2.24, 2.45) is 5.11 Å². The number of H-pyrrole nitrogens is 1. The molecular formula is C32H30N4O8. The van der Waals surface area contributed by atoms with E-state index in [0.29, 0.717) is 29.4 Å². The Hall–Kier alpha value is -5.87. The van der Waals surface area contributed by atoms with Gasteiger partial charge in [0.2, 0.25) is 0 Å². The monoisotopic (exact) mass is 598 g/mol. The van der Waals surface area contributed by atoms with Gasteiger partial charge < -0.3 is 32.8 Å². The van der Waals surface area contributed by atoms with Crippen molar-refractivity contribution in [1.29, 1.82) is 0 Å². The summed E-state index contributed by atoms with van der Waals surface area (Å²) in [5.74, 6) is 2.18. The molecule has 0 aliphatic carbocycles. The molecule has 226 valence electrons. The van der Waals surface area contributed by atoms with Crippen molar-refractivity contribution in [3.63, 3.8) is 0 Å². The van der Waals surface area contributed by atoms with Crippen LogP contribution in [-0.2, 0) is 14.3 Å². The number of methoxy groups -OCH3 is 2. The smallest absolute Gasteiger partial charge is 0.354 e. The summed E-state index contributed by atoms with van der Waals surface area (Å²) in [6, 6.07) is 21.9. The molecule has 0 radical (unpaired) electrons. The molecule has 0 unspecified atom stereocenters. The predicted octanol–water partition coefficient (Wildman–Crippen LogP) is 7.78. The number of carbonyl (C=O) groups excluding carboxylic acids is 2. The van der Waals surface area contributed by atoms with Crippen LogP contribution in [0.5, 0.6) is 11.5 Å². The summed E-state index contributed by atoms with van der Waals surface area (Å²) in [4.78, 5) is 28.9. The SMILES string of the molecule is CCOC(=O)/C(=C/c1ccc(-c2ccc(OC)cc2)o1)N=[N+]=[N-].CCOC(=O)c1cc2oc(-c3ccc(OC)cc3)cc2[nH]1. The Bertz CT molecular complexity index is 1760. The maximum Gasteiger partial charge on any atom is 0.354 e. The van der Waals surface area contributed by atoms with Crippen LogP contribution in [0.2, 0.25) is 0 Å². The molecule has 5 rings (SSSR count). The number of azide groups is 1. The largest absolute Gasteiger partial charge is 0.497 e. The topological polar surface area (TPSA) is 162 Å². The van der Waals surface area contributed by atoms with E-state index in [0.717, 1.165) is 33.9 Å². The predicted molar refractivity (Wildman–Crippen MR) is 163 cm³/mol. The first-order valence-corrected chi connectivity index (χ1v) is 13.5. The number of rotatable bonds is 10. The van der Waals surface area contributed by atoms with E-state index in [-0.39, 0.29) is 18.3 Å². The number of aromatic amines is 1. The minimum atomic E-state index is -0.701. The Morgan fingerprint density at radius 2 is 1.45 bits per heavy atom. The van der Waals surface area contributed by atoms with Gasteiger partial charge in [-0.2, -0.15) is 0 Å². The lowest BCUT2D eigenvalue weighted by atomic mass is 10.2. The van der Waals surface area contributed by atoms with Gasteiger partial charge in [-0.3, -0.25) is 0 Å². The Kier molecular flexibility index (Phi) is 10.5. The third-order valence-electron chi connectivity index (χ3n) is 6.09. The Balaban J connectivity index is 0.000000201. The number of esters is 2. The molecular weight excluding hydrogens is 568 g/mol. The van der Waals surface area contributed by atoms with Crippen molar-refractivity contribution in [2.45, 2.75) is 13.8 Å². The number of nitrogens with zero attached hydrogens (tertiary/aromatic N) is 3. The second kappa shape index (κ2) is 14.9. The number of hydrogen-bond acceptors (Lipinski definition) is 9. The summed E-state index contributed by atoms with van der Waals surface area (Å²) in [6.07, 6.45) is 1.34. The van der Waals surface area contributed by atoms with Gasteiger partial charge in [-0.25, -0.2) is 9.59 Å². The maximum absolute atomic E-state index is 11.7. The van der Waals surface area contributed by atoms with Crippen LogP contribution < -0.4 is 9.47 Å². The number of furan rings is 2. The summed E-state index contributed by atoms with van der Waals surface area (Å²) in [6.45, 7) is 3.97. The summed E-state index contributed by atoms with van der Waals surface area (Å²) in [5.41, 5.74) is 12.0. The summed E-state index contributed by atoms with van der Waals surface area (Å²) in [5, 5.41) is 3.33. The van der Waals surface area contributed by atoms with E-state index in [4.69, 9.17) is 33.3 Å². The molecule has 3 heterocycles. The number of carbonyl (C=O) groups is 2. The van der Waals surface area contributed by atoms with Crippen molar-refractivity contribution in [3.8, 4) is 34.1 Å². The van der Waals surface area contributed by atoms with Gasteiger partial charge in [-0.05, 0) is 86.1 Å². The number of hydrogen-bond donors (Lipinski definition) is 1. The van der Waals surface area contributed by atoms with Gasteiger partial charge in [-0.1, -0.05) is 5.11 Å². The van der Waals surface area contributed by atoms with Crippen LogP contribution in [0.15, 0.2) is 92.4 Å². The van der Waals surface area contributed by atoms with Crippen molar-refractivity contribution in [3.05, 3.63) is 100 Å². The molecule has 0 fully saturated rings. The van der Waals surface area contributed by atoms with E-state index in [2.05, 4.69) is 15.0 Å². The van der Waals surface area contributed by atoms with Gasteiger partial charge in [0.15, 0.2) is 5.58 Å². The molecule has 1 N–H and O–H groups in total. The molecule has 0 bridgehead atoms. The van der Waals surface area contributed by atoms with E-state index >= 15 is 0 Å². The molecule has 12 nitrogen and oxygen atoms in total. The highest BCUT2D eigenvalue weighted by Crippen LogP contribution is 2.30. The van der Waals surface area contributed by atoms with Crippen molar-refractivity contribution in [1.82, 2.24) is 4.98 Å². The second-order valence-electron chi connectivity index (χ2n) is 8.89. The second-order valence-corrected chi connectivity index (χ2v) is 8.89. The van der Waals surface area contributed by atoms with E-state index in [9.17, 15) is 9.59 Å². The highest BCUT2D eigenvalue weighted by molar-refractivity contribution is 5.94. The molecule has 0 amide bonds. The molecule has 0 saturated carbocycles. The Labute approximate surface area is 252 Å². The summed E-state index contributed by atoms with van der Waals surface area (Å²) in [7, 11) is 3.22. The highest BCUT2D eigenvalue weighted by Gasteiger charge is 2.15. The zero-order chi connectivity index (χ0) is 31.5. The third-order valence-corrected chi connectivity index (χ3v) is 6.09. The first-order chi connectivity index (χ1) is 21.4. The summed E-state index contributed by atoms with van der Waals surface area (Å²) < 4.78 is 31.4. The average molecular weight is 599 g/mol. The van der Waals surface area contributed by atoms with Gasteiger partial charge in [0.05, 0.1) is 33.0 Å². The molecule has 0 aliphatic heterocycles. The zero-order valence-corrected chi connectivity index (χ0v) is 24.5. The van der Waals surface area contributed by atoms with Crippen LogP contribution >= 0.6 is 0 Å². The van der Waals surface area contributed by atoms with Crippen LogP contribution in [-0.4, -0.2) is 44.4 Å². The molecule has 2 aromatic carbocycles. The fourth-order valence-corrected chi connectivity index (χ4v) is 4.00. The molecule has 3 aromatic heterocycles. The first-order valence-electron chi connectivity index (χ1n) is 13.5. The van der Waals surface area contributed by atoms with Crippen LogP contribution in [0, 0.1) is 0 Å². The van der Waals surface area contributed by atoms with Crippen LogP contribution in [0.3, 0.4) is 0 Å². The lowest BCUT2D eigenvalue weighted by molar-refractivity contribution is -0.138.